The largest absolute Gasteiger partial charge is 0.277 e. The molecular weight excluding hydrogens is 142 g/mol. The molecule has 3 heteroatoms. The van der Waals surface area contributed by atoms with Crippen LogP contribution < -0.4 is 5.48 Å². The van der Waals surface area contributed by atoms with Crippen LogP contribution in [-0.4, -0.2) is 13.0 Å². The van der Waals surface area contributed by atoms with Crippen LogP contribution in [-0.2, 0) is 4.84 Å². The van der Waals surface area contributed by atoms with E-state index in [0.717, 1.165) is 0 Å². The maximum absolute atomic E-state index is 11.0. The average molecular weight is 150 g/mol. The first kappa shape index (κ1) is 7.75. The Hall–Kier alpha value is -1.35. The van der Waals surface area contributed by atoms with Gasteiger partial charge in [0.2, 0.25) is 0 Å². The first-order valence-corrected chi connectivity index (χ1v) is 3.14. The zero-order valence-electron chi connectivity index (χ0n) is 6.13. The van der Waals surface area contributed by atoms with Crippen LogP contribution in [0.1, 0.15) is 10.4 Å². The van der Waals surface area contributed by atoms with Gasteiger partial charge in [-0.25, -0.2) is 5.48 Å². The molecule has 0 aliphatic heterocycles. The third-order valence-corrected chi connectivity index (χ3v) is 1.16. The molecule has 0 bridgehead atoms. The number of hydroxylamine groups is 1. The SMILES string of the molecule is CONC(=O)c1c[c]ccc1. The quantitative estimate of drug-likeness (QED) is 0.632. The summed E-state index contributed by atoms with van der Waals surface area (Å²) >= 11 is 0. The zero-order valence-corrected chi connectivity index (χ0v) is 6.13. The van der Waals surface area contributed by atoms with Crippen molar-refractivity contribution in [3.63, 3.8) is 0 Å². The molecule has 0 saturated carbocycles. The van der Waals surface area contributed by atoms with Gasteiger partial charge in [-0.3, -0.25) is 9.63 Å². The number of carbonyl (C=O) groups is 1. The van der Waals surface area contributed by atoms with E-state index in [4.69, 9.17) is 0 Å². The van der Waals surface area contributed by atoms with E-state index in [-0.39, 0.29) is 5.91 Å². The van der Waals surface area contributed by atoms with Crippen LogP contribution in [0.25, 0.3) is 0 Å². The molecule has 1 N–H and O–H groups in total. The normalized spacial score (nSPS) is 9.18. The Kier molecular flexibility index (Phi) is 2.63. The van der Waals surface area contributed by atoms with E-state index < -0.39 is 0 Å². The number of benzene rings is 1. The summed E-state index contributed by atoms with van der Waals surface area (Å²) in [5.41, 5.74) is 2.74. The van der Waals surface area contributed by atoms with E-state index in [0.29, 0.717) is 5.56 Å². The summed E-state index contributed by atoms with van der Waals surface area (Å²) in [7, 11) is 1.39. The Morgan fingerprint density at radius 3 is 3.09 bits per heavy atom. The van der Waals surface area contributed by atoms with Gasteiger partial charge in [-0.15, -0.1) is 0 Å². The molecule has 57 valence electrons. The third kappa shape index (κ3) is 2.05. The first-order chi connectivity index (χ1) is 5.34. The molecule has 1 aromatic rings. The van der Waals surface area contributed by atoms with Crippen LogP contribution in [0.3, 0.4) is 0 Å². The molecule has 0 spiro atoms. The molecule has 0 saturated heterocycles. The van der Waals surface area contributed by atoms with Gasteiger partial charge in [-0.2, -0.15) is 0 Å². The van der Waals surface area contributed by atoms with E-state index >= 15 is 0 Å². The molecule has 0 aliphatic rings. The second-order valence-electron chi connectivity index (χ2n) is 1.93. The Labute approximate surface area is 64.9 Å². The third-order valence-electron chi connectivity index (χ3n) is 1.16. The minimum absolute atomic E-state index is 0.260. The van der Waals surface area contributed by atoms with E-state index in [1.165, 1.54) is 7.11 Å². The van der Waals surface area contributed by atoms with Gasteiger partial charge in [-0.1, -0.05) is 12.1 Å². The van der Waals surface area contributed by atoms with Crippen LogP contribution in [0.5, 0.6) is 0 Å². The van der Waals surface area contributed by atoms with Gasteiger partial charge < -0.3 is 0 Å². The highest BCUT2D eigenvalue weighted by Crippen LogP contribution is 1.96. The van der Waals surface area contributed by atoms with Gasteiger partial charge in [-0.05, 0) is 18.2 Å². The molecule has 0 unspecified atom stereocenters. The van der Waals surface area contributed by atoms with Crippen molar-refractivity contribution in [3.05, 3.63) is 35.9 Å². The number of hydrogen-bond acceptors (Lipinski definition) is 2. The van der Waals surface area contributed by atoms with Gasteiger partial charge in [0.15, 0.2) is 0 Å². The fourth-order valence-corrected chi connectivity index (χ4v) is 0.686. The average Bonchev–Trinajstić information content (AvgIpc) is 2.07. The van der Waals surface area contributed by atoms with Gasteiger partial charge in [0.1, 0.15) is 0 Å². The van der Waals surface area contributed by atoms with Crippen LogP contribution in [0, 0.1) is 6.07 Å². The minimum Gasteiger partial charge on any atom is -0.277 e. The Balaban J connectivity index is 2.69. The predicted octanol–water partition coefficient (Wildman–Crippen LogP) is 0.778. The molecule has 11 heavy (non-hydrogen) atoms. The van der Waals surface area contributed by atoms with E-state index in [1.54, 1.807) is 24.3 Å². The minimum atomic E-state index is -0.260. The maximum atomic E-state index is 11.0. The van der Waals surface area contributed by atoms with Crippen molar-refractivity contribution in [2.45, 2.75) is 0 Å². The number of nitrogens with one attached hydrogen (secondary N) is 1. The molecule has 0 heterocycles. The fourth-order valence-electron chi connectivity index (χ4n) is 0.686. The summed E-state index contributed by atoms with van der Waals surface area (Å²) in [6.45, 7) is 0. The van der Waals surface area contributed by atoms with Crippen molar-refractivity contribution < 1.29 is 9.63 Å². The lowest BCUT2D eigenvalue weighted by Gasteiger charge is -1.99. The number of hydrogen-bond donors (Lipinski definition) is 1. The van der Waals surface area contributed by atoms with Crippen molar-refractivity contribution in [2.75, 3.05) is 7.11 Å². The Bertz CT molecular complexity index is 233. The Morgan fingerprint density at radius 2 is 2.55 bits per heavy atom. The van der Waals surface area contributed by atoms with Crippen LogP contribution >= 0.6 is 0 Å². The standard InChI is InChI=1S/C8H8NO2/c1-11-9-8(10)7-5-3-2-4-6-7/h2-3,5-6H,1H3,(H,9,10). The van der Waals surface area contributed by atoms with E-state index in [1.807, 2.05) is 0 Å². The van der Waals surface area contributed by atoms with Crippen molar-refractivity contribution in [3.8, 4) is 0 Å². The zero-order chi connectivity index (χ0) is 8.10. The van der Waals surface area contributed by atoms with E-state index in [2.05, 4.69) is 16.4 Å². The lowest BCUT2D eigenvalue weighted by molar-refractivity contribution is 0.0537. The molecule has 0 fully saturated rings. The molecule has 1 aromatic carbocycles. The van der Waals surface area contributed by atoms with E-state index in [9.17, 15) is 4.79 Å². The van der Waals surface area contributed by atoms with Crippen LogP contribution in [0.4, 0.5) is 0 Å². The molecule has 1 radical (unpaired) electrons. The summed E-state index contributed by atoms with van der Waals surface area (Å²) in [5, 5.41) is 0. The van der Waals surface area contributed by atoms with Crippen molar-refractivity contribution in [1.82, 2.24) is 5.48 Å². The summed E-state index contributed by atoms with van der Waals surface area (Å²) in [4.78, 5) is 15.4. The van der Waals surface area contributed by atoms with Gasteiger partial charge in [0, 0.05) is 5.56 Å². The highest BCUT2D eigenvalue weighted by atomic mass is 16.6. The second-order valence-corrected chi connectivity index (χ2v) is 1.93. The maximum Gasteiger partial charge on any atom is 0.274 e. The molecule has 0 atom stereocenters. The monoisotopic (exact) mass is 150 g/mol. The predicted molar refractivity (Wildman–Crippen MR) is 39.8 cm³/mol. The lowest BCUT2D eigenvalue weighted by Crippen LogP contribution is -2.21. The first-order valence-electron chi connectivity index (χ1n) is 3.14. The molecular formula is C8H8NO2. The highest BCUT2D eigenvalue weighted by Gasteiger charge is 2.01. The van der Waals surface area contributed by atoms with Crippen LogP contribution in [0.15, 0.2) is 24.3 Å². The lowest BCUT2D eigenvalue weighted by atomic mass is 10.2. The number of carbonyl (C=O) groups excluding carboxylic acids is 1. The number of amides is 1. The summed E-state index contributed by atoms with van der Waals surface area (Å²) in [6, 6.07) is 9.53. The number of rotatable bonds is 2. The Morgan fingerprint density at radius 1 is 1.73 bits per heavy atom. The molecule has 3 nitrogen and oxygen atoms in total. The van der Waals surface area contributed by atoms with Crippen molar-refractivity contribution in [1.29, 1.82) is 0 Å². The molecule has 0 aromatic heterocycles. The second kappa shape index (κ2) is 3.73. The van der Waals surface area contributed by atoms with Gasteiger partial charge in [0.25, 0.3) is 5.91 Å². The highest BCUT2D eigenvalue weighted by molar-refractivity contribution is 5.93. The van der Waals surface area contributed by atoms with Crippen molar-refractivity contribution in [2.24, 2.45) is 0 Å². The summed E-state index contributed by atoms with van der Waals surface area (Å²) in [5.74, 6) is -0.260. The molecule has 0 aliphatic carbocycles. The fraction of sp³-hybridized carbons (Fsp3) is 0.125. The molecule has 1 rings (SSSR count). The summed E-state index contributed by atoms with van der Waals surface area (Å²) in [6.07, 6.45) is 0. The smallest absolute Gasteiger partial charge is 0.274 e. The molecule has 1 amide bonds. The van der Waals surface area contributed by atoms with Crippen LogP contribution in [0.2, 0.25) is 0 Å². The van der Waals surface area contributed by atoms with Gasteiger partial charge in [0.05, 0.1) is 7.11 Å². The topological polar surface area (TPSA) is 38.3 Å². The van der Waals surface area contributed by atoms with Crippen molar-refractivity contribution >= 4 is 5.91 Å². The van der Waals surface area contributed by atoms with Gasteiger partial charge >= 0.3 is 0 Å². The summed E-state index contributed by atoms with van der Waals surface area (Å²) < 4.78 is 0.